The second-order valence-corrected chi connectivity index (χ2v) is 7.27. The van der Waals surface area contributed by atoms with Crippen LogP contribution in [0, 0.1) is 0 Å². The maximum absolute atomic E-state index is 12.7. The summed E-state index contributed by atoms with van der Waals surface area (Å²) in [6.45, 7) is 0. The summed E-state index contributed by atoms with van der Waals surface area (Å²) in [7, 11) is 0. The van der Waals surface area contributed by atoms with Gasteiger partial charge in [-0.2, -0.15) is 0 Å². The van der Waals surface area contributed by atoms with E-state index in [1.807, 2.05) is 30.3 Å². The van der Waals surface area contributed by atoms with Gasteiger partial charge in [-0.15, -0.1) is 0 Å². The Morgan fingerprint density at radius 1 is 1.11 bits per heavy atom. The molecule has 27 heavy (non-hydrogen) atoms. The van der Waals surface area contributed by atoms with Gasteiger partial charge in [-0.25, -0.2) is 4.98 Å². The number of hydrogen-bond acceptors (Lipinski definition) is 5. The van der Waals surface area contributed by atoms with Crippen molar-refractivity contribution in [2.24, 2.45) is 0 Å². The number of aromatic nitrogens is 2. The Kier molecular flexibility index (Phi) is 4.68. The first-order valence-electron chi connectivity index (χ1n) is 8.50. The molecular weight excluding hydrogens is 362 g/mol. The van der Waals surface area contributed by atoms with E-state index in [1.165, 1.54) is 11.8 Å². The molecule has 0 spiro atoms. The van der Waals surface area contributed by atoms with E-state index in [2.05, 4.69) is 15.3 Å². The van der Waals surface area contributed by atoms with Gasteiger partial charge in [0.1, 0.15) is 11.6 Å². The van der Waals surface area contributed by atoms with E-state index in [0.29, 0.717) is 27.9 Å². The number of phenols is 1. The fourth-order valence-corrected chi connectivity index (χ4v) is 3.99. The standard InChI is InChI=1S/C20H17N3O3S/c24-14-8-4-7-13(9-14)15-10-16(25)21-18-17(15)19(26)23-20(22-18)27-11-12-5-2-1-3-6-12/h1-9,15,24H,10-11H2,(H2,21,22,23,25,26)/t15-/m0/s1. The average molecular weight is 379 g/mol. The highest BCUT2D eigenvalue weighted by atomic mass is 32.2. The zero-order valence-electron chi connectivity index (χ0n) is 14.3. The van der Waals surface area contributed by atoms with Crippen molar-refractivity contribution in [1.82, 2.24) is 9.97 Å². The van der Waals surface area contributed by atoms with Crippen molar-refractivity contribution in [3.63, 3.8) is 0 Å². The zero-order chi connectivity index (χ0) is 18.8. The molecule has 4 rings (SSSR count). The molecule has 6 nitrogen and oxygen atoms in total. The number of rotatable bonds is 4. The van der Waals surface area contributed by atoms with E-state index in [0.717, 1.165) is 5.56 Å². The number of carbonyl (C=O) groups is 1. The van der Waals surface area contributed by atoms with Crippen LogP contribution in [0.1, 0.15) is 29.0 Å². The molecule has 7 heteroatoms. The Morgan fingerprint density at radius 2 is 1.93 bits per heavy atom. The Morgan fingerprint density at radius 3 is 2.70 bits per heavy atom. The molecule has 1 aliphatic heterocycles. The highest BCUT2D eigenvalue weighted by Gasteiger charge is 2.31. The molecule has 0 bridgehead atoms. The maximum atomic E-state index is 12.7. The summed E-state index contributed by atoms with van der Waals surface area (Å²) in [5.74, 6) is 0.406. The molecule has 0 saturated heterocycles. The van der Waals surface area contributed by atoms with E-state index >= 15 is 0 Å². The lowest BCUT2D eigenvalue weighted by Crippen LogP contribution is -2.31. The van der Waals surface area contributed by atoms with Gasteiger partial charge in [0.05, 0.1) is 5.56 Å². The number of phenolic OH excluding ortho intramolecular Hbond substituents is 1. The van der Waals surface area contributed by atoms with Crippen LogP contribution in [0.5, 0.6) is 5.75 Å². The van der Waals surface area contributed by atoms with Gasteiger partial charge >= 0.3 is 0 Å². The maximum Gasteiger partial charge on any atom is 0.257 e. The van der Waals surface area contributed by atoms with Crippen molar-refractivity contribution < 1.29 is 9.90 Å². The molecule has 0 aliphatic carbocycles. The van der Waals surface area contributed by atoms with Gasteiger partial charge in [-0.1, -0.05) is 54.2 Å². The van der Waals surface area contributed by atoms with E-state index in [-0.39, 0.29) is 23.6 Å². The Hall–Kier alpha value is -3.06. The van der Waals surface area contributed by atoms with E-state index < -0.39 is 5.92 Å². The molecule has 0 saturated carbocycles. The van der Waals surface area contributed by atoms with Crippen LogP contribution in [0.3, 0.4) is 0 Å². The van der Waals surface area contributed by atoms with Crippen LogP contribution in [0.4, 0.5) is 5.82 Å². The molecule has 3 N–H and O–H groups in total. The molecular formula is C20H17N3O3S. The molecule has 3 aromatic rings. The number of nitrogens with zero attached hydrogens (tertiary/aromatic N) is 1. The topological polar surface area (TPSA) is 95.1 Å². The van der Waals surface area contributed by atoms with Crippen molar-refractivity contribution in [2.75, 3.05) is 5.32 Å². The summed E-state index contributed by atoms with van der Waals surface area (Å²) < 4.78 is 0. The third-order valence-electron chi connectivity index (χ3n) is 4.42. The third kappa shape index (κ3) is 3.73. The van der Waals surface area contributed by atoms with Crippen LogP contribution in [0.25, 0.3) is 0 Å². The second-order valence-electron chi connectivity index (χ2n) is 6.31. The monoisotopic (exact) mass is 379 g/mol. The largest absolute Gasteiger partial charge is 0.508 e. The second kappa shape index (κ2) is 7.28. The van der Waals surface area contributed by atoms with Gasteiger partial charge in [0.25, 0.3) is 5.56 Å². The predicted molar refractivity (Wildman–Crippen MR) is 104 cm³/mol. The molecule has 0 fully saturated rings. The minimum Gasteiger partial charge on any atom is -0.508 e. The fraction of sp³-hybridized carbons (Fsp3) is 0.150. The highest BCUT2D eigenvalue weighted by Crippen LogP contribution is 2.35. The molecule has 0 radical (unpaired) electrons. The van der Waals surface area contributed by atoms with E-state index in [4.69, 9.17) is 0 Å². The van der Waals surface area contributed by atoms with Gasteiger partial charge in [0.2, 0.25) is 5.91 Å². The van der Waals surface area contributed by atoms with Crippen molar-refractivity contribution in [3.05, 3.63) is 81.6 Å². The van der Waals surface area contributed by atoms with Gasteiger partial charge < -0.3 is 15.4 Å². The number of benzene rings is 2. The van der Waals surface area contributed by atoms with Crippen LogP contribution < -0.4 is 10.9 Å². The molecule has 136 valence electrons. The Balaban J connectivity index is 1.67. The zero-order valence-corrected chi connectivity index (χ0v) is 15.1. The minimum atomic E-state index is -0.440. The average Bonchev–Trinajstić information content (AvgIpc) is 2.66. The van der Waals surface area contributed by atoms with Crippen LogP contribution >= 0.6 is 11.8 Å². The minimum absolute atomic E-state index is 0.0967. The number of fused-ring (bicyclic) bond motifs is 1. The van der Waals surface area contributed by atoms with Crippen molar-refractivity contribution in [3.8, 4) is 5.75 Å². The number of aromatic amines is 1. The SMILES string of the molecule is O=C1C[C@@H](c2cccc(O)c2)c2c(nc(SCc3ccccc3)[nH]c2=O)N1. The summed E-state index contributed by atoms with van der Waals surface area (Å²) >= 11 is 1.40. The van der Waals surface area contributed by atoms with Crippen molar-refractivity contribution in [2.45, 2.75) is 23.2 Å². The number of nitrogens with one attached hydrogen (secondary N) is 2. The lowest BCUT2D eigenvalue weighted by atomic mass is 9.87. The quantitative estimate of drug-likeness (QED) is 0.478. The molecule has 2 heterocycles. The number of hydrogen-bond donors (Lipinski definition) is 3. The predicted octanol–water partition coefficient (Wildman–Crippen LogP) is 3.24. The molecule has 2 aromatic carbocycles. The van der Waals surface area contributed by atoms with Gasteiger partial charge in [0, 0.05) is 18.1 Å². The summed E-state index contributed by atoms with van der Waals surface area (Å²) in [6.07, 6.45) is 0.137. The van der Waals surface area contributed by atoms with E-state index in [1.54, 1.807) is 24.3 Å². The number of anilines is 1. The normalized spacial score (nSPS) is 15.9. The number of carbonyl (C=O) groups excluding carboxylic acids is 1. The number of H-pyrrole nitrogens is 1. The summed E-state index contributed by atoms with van der Waals surface area (Å²) in [4.78, 5) is 32.2. The van der Waals surface area contributed by atoms with Crippen LogP contribution in [0.2, 0.25) is 0 Å². The summed E-state index contributed by atoms with van der Waals surface area (Å²) in [6, 6.07) is 16.5. The molecule has 0 unspecified atom stereocenters. The summed E-state index contributed by atoms with van der Waals surface area (Å²) in [5.41, 5.74) is 1.97. The molecule has 1 atom stereocenters. The molecule has 1 amide bonds. The smallest absolute Gasteiger partial charge is 0.257 e. The van der Waals surface area contributed by atoms with Crippen LogP contribution in [-0.4, -0.2) is 21.0 Å². The number of aromatic hydroxyl groups is 1. The first-order chi connectivity index (χ1) is 13.1. The van der Waals surface area contributed by atoms with Gasteiger partial charge in [-0.05, 0) is 23.3 Å². The lowest BCUT2D eigenvalue weighted by molar-refractivity contribution is -0.116. The van der Waals surface area contributed by atoms with Crippen molar-refractivity contribution in [1.29, 1.82) is 0 Å². The molecule has 1 aliphatic rings. The Labute approximate surface area is 159 Å². The van der Waals surface area contributed by atoms with Crippen molar-refractivity contribution >= 4 is 23.5 Å². The van der Waals surface area contributed by atoms with E-state index in [9.17, 15) is 14.7 Å². The number of thioether (sulfide) groups is 1. The first-order valence-corrected chi connectivity index (χ1v) is 9.48. The summed E-state index contributed by atoms with van der Waals surface area (Å²) in [5, 5.41) is 12.9. The van der Waals surface area contributed by atoms with Crippen LogP contribution in [-0.2, 0) is 10.5 Å². The van der Waals surface area contributed by atoms with Gasteiger partial charge in [0.15, 0.2) is 5.16 Å². The first kappa shape index (κ1) is 17.4. The lowest BCUT2D eigenvalue weighted by Gasteiger charge is -2.24. The third-order valence-corrected chi connectivity index (χ3v) is 5.36. The molecule has 1 aromatic heterocycles. The number of amides is 1. The van der Waals surface area contributed by atoms with Crippen LogP contribution in [0.15, 0.2) is 64.5 Å². The Bertz CT molecular complexity index is 1050. The highest BCUT2D eigenvalue weighted by molar-refractivity contribution is 7.98. The van der Waals surface area contributed by atoms with Gasteiger partial charge in [-0.3, -0.25) is 9.59 Å². The fourth-order valence-electron chi connectivity index (χ4n) is 3.17.